The van der Waals surface area contributed by atoms with Crippen molar-refractivity contribution in [3.05, 3.63) is 111 Å². The molecule has 3 heterocycles. The van der Waals surface area contributed by atoms with Gasteiger partial charge in [0.15, 0.2) is 0 Å². The van der Waals surface area contributed by atoms with Gasteiger partial charge in [-0.25, -0.2) is 13.8 Å². The number of carbonyl (C=O) groups excluding carboxylic acids is 1. The predicted octanol–water partition coefficient (Wildman–Crippen LogP) is 5.77. The van der Waals surface area contributed by atoms with Gasteiger partial charge in [-0.1, -0.05) is 18.2 Å². The Morgan fingerprint density at radius 1 is 1.00 bits per heavy atom. The highest BCUT2D eigenvalue weighted by Crippen LogP contribution is 2.54. The van der Waals surface area contributed by atoms with Gasteiger partial charge >= 0.3 is 0 Å². The number of aromatic nitrogens is 1. The molecule has 6 rings (SSSR count). The Kier molecular flexibility index (Phi) is 5.84. The molecule has 1 aromatic heterocycles. The number of anilines is 1. The molecular formula is C30H25F2N3O3. The first-order chi connectivity index (χ1) is 18.3. The molecule has 192 valence electrons. The zero-order valence-electron chi connectivity index (χ0n) is 20.8. The number of ether oxygens (including phenoxy) is 2. The monoisotopic (exact) mass is 513 g/mol. The Morgan fingerprint density at radius 2 is 1.74 bits per heavy atom. The Hall–Kier alpha value is -4.30. The third kappa shape index (κ3) is 3.97. The van der Waals surface area contributed by atoms with Crippen LogP contribution in [0.4, 0.5) is 14.6 Å². The van der Waals surface area contributed by atoms with Crippen LogP contribution in [0.25, 0.3) is 11.1 Å². The molecule has 2 aliphatic heterocycles. The molecule has 8 heteroatoms. The Bertz CT molecular complexity index is 1600. The van der Waals surface area contributed by atoms with Crippen LogP contribution in [0, 0.1) is 18.6 Å². The standard InChI is InChI=1S/C30H25F2N3O3/c1-3-37-26-13-27(33)35-15(2)24(26)14-34-30(36)17-5-8-21-23(11-17)29-20-7-4-16(10-22(20)28(21)38-29)19-9-6-18(31)12-25(19)32/h4-13,28-29H,3,14H2,1-2H3,(H2,33,35)(H,34,36)/t28-,29-/m1/s1. The topological polar surface area (TPSA) is 86.5 Å². The van der Waals surface area contributed by atoms with Crippen molar-refractivity contribution in [2.75, 3.05) is 12.3 Å². The van der Waals surface area contributed by atoms with E-state index in [-0.39, 0.29) is 24.7 Å². The van der Waals surface area contributed by atoms with Crippen LogP contribution in [0.5, 0.6) is 5.75 Å². The number of nitrogens with one attached hydrogen (secondary N) is 1. The number of hydrogen-bond acceptors (Lipinski definition) is 5. The second-order valence-corrected chi connectivity index (χ2v) is 9.43. The minimum atomic E-state index is -0.612. The Balaban J connectivity index is 1.23. The summed E-state index contributed by atoms with van der Waals surface area (Å²) >= 11 is 0. The van der Waals surface area contributed by atoms with Gasteiger partial charge in [-0.2, -0.15) is 0 Å². The fourth-order valence-corrected chi connectivity index (χ4v) is 5.34. The Labute approximate surface area is 218 Å². The lowest BCUT2D eigenvalue weighted by Gasteiger charge is -2.18. The smallest absolute Gasteiger partial charge is 0.251 e. The molecule has 0 spiro atoms. The number of fused-ring (bicyclic) bond motifs is 8. The summed E-state index contributed by atoms with van der Waals surface area (Å²) < 4.78 is 39.7. The van der Waals surface area contributed by atoms with Gasteiger partial charge < -0.3 is 20.5 Å². The van der Waals surface area contributed by atoms with E-state index < -0.39 is 11.6 Å². The summed E-state index contributed by atoms with van der Waals surface area (Å²) in [6.07, 6.45) is -0.610. The summed E-state index contributed by atoms with van der Waals surface area (Å²) in [5.41, 5.74) is 12.7. The van der Waals surface area contributed by atoms with Crippen LogP contribution in [0.3, 0.4) is 0 Å². The minimum Gasteiger partial charge on any atom is -0.493 e. The first kappa shape index (κ1) is 24.1. The van der Waals surface area contributed by atoms with Gasteiger partial charge in [-0.15, -0.1) is 0 Å². The van der Waals surface area contributed by atoms with E-state index >= 15 is 0 Å². The molecule has 4 aromatic rings. The molecule has 0 fully saturated rings. The highest BCUT2D eigenvalue weighted by Gasteiger charge is 2.43. The molecule has 0 unspecified atom stereocenters. The molecule has 6 nitrogen and oxygen atoms in total. The van der Waals surface area contributed by atoms with Gasteiger partial charge in [-0.05, 0) is 72.0 Å². The fourth-order valence-electron chi connectivity index (χ4n) is 5.34. The van der Waals surface area contributed by atoms with E-state index in [0.717, 1.165) is 33.9 Å². The number of halogens is 2. The SMILES string of the molecule is CCOc1cc(N)nc(C)c1CNC(=O)c1ccc2c(c1)[C@@H]1O[C@H]2c2cc(-c3ccc(F)cc3F)ccc21. The van der Waals surface area contributed by atoms with E-state index in [4.69, 9.17) is 15.2 Å². The summed E-state index contributed by atoms with van der Waals surface area (Å²) in [6, 6.07) is 16.4. The number of carbonyl (C=O) groups is 1. The molecule has 2 bridgehead atoms. The molecule has 0 aliphatic carbocycles. The van der Waals surface area contributed by atoms with E-state index in [9.17, 15) is 13.6 Å². The van der Waals surface area contributed by atoms with Crippen molar-refractivity contribution in [3.8, 4) is 16.9 Å². The third-order valence-electron chi connectivity index (χ3n) is 7.12. The first-order valence-electron chi connectivity index (χ1n) is 12.4. The average molecular weight is 514 g/mol. The second kappa shape index (κ2) is 9.22. The van der Waals surface area contributed by atoms with Crippen LogP contribution in [0.1, 0.15) is 63.0 Å². The van der Waals surface area contributed by atoms with E-state index in [1.54, 1.807) is 12.1 Å². The molecule has 0 saturated heterocycles. The highest BCUT2D eigenvalue weighted by molar-refractivity contribution is 5.94. The van der Waals surface area contributed by atoms with E-state index in [1.165, 1.54) is 12.1 Å². The van der Waals surface area contributed by atoms with Crippen LogP contribution < -0.4 is 15.8 Å². The average Bonchev–Trinajstić information content (AvgIpc) is 3.45. The number of nitrogen functional groups attached to an aromatic ring is 1. The van der Waals surface area contributed by atoms with Gasteiger partial charge in [0, 0.05) is 41.1 Å². The third-order valence-corrected chi connectivity index (χ3v) is 7.12. The number of amides is 1. The number of aryl methyl sites for hydroxylation is 1. The summed E-state index contributed by atoms with van der Waals surface area (Å²) in [5.74, 6) is -0.475. The van der Waals surface area contributed by atoms with Gasteiger partial charge in [0.25, 0.3) is 5.91 Å². The van der Waals surface area contributed by atoms with Crippen molar-refractivity contribution in [2.45, 2.75) is 32.6 Å². The molecule has 3 aromatic carbocycles. The van der Waals surface area contributed by atoms with Gasteiger partial charge in [-0.3, -0.25) is 4.79 Å². The normalized spacial score (nSPS) is 16.7. The van der Waals surface area contributed by atoms with Crippen LogP contribution in [-0.2, 0) is 11.3 Å². The number of hydrogen-bond donors (Lipinski definition) is 2. The van der Waals surface area contributed by atoms with Crippen molar-refractivity contribution < 1.29 is 23.0 Å². The van der Waals surface area contributed by atoms with Crippen molar-refractivity contribution in [3.63, 3.8) is 0 Å². The lowest BCUT2D eigenvalue weighted by atomic mass is 9.83. The lowest BCUT2D eigenvalue weighted by Crippen LogP contribution is -2.24. The van der Waals surface area contributed by atoms with Gasteiger partial charge in [0.1, 0.15) is 35.4 Å². The second-order valence-electron chi connectivity index (χ2n) is 9.43. The molecular weight excluding hydrogens is 488 g/mol. The van der Waals surface area contributed by atoms with E-state index in [2.05, 4.69) is 10.3 Å². The number of nitrogens with zero attached hydrogens (tertiary/aromatic N) is 1. The molecule has 1 amide bonds. The highest BCUT2D eigenvalue weighted by atomic mass is 19.1. The van der Waals surface area contributed by atoms with Crippen LogP contribution in [0.15, 0.2) is 60.7 Å². The summed E-state index contributed by atoms with van der Waals surface area (Å²) in [7, 11) is 0. The predicted molar refractivity (Wildman–Crippen MR) is 139 cm³/mol. The number of rotatable bonds is 6. The molecule has 3 N–H and O–H groups in total. The maximum absolute atomic E-state index is 14.4. The maximum atomic E-state index is 14.4. The largest absolute Gasteiger partial charge is 0.493 e. The molecule has 0 radical (unpaired) electrons. The van der Waals surface area contributed by atoms with E-state index in [0.29, 0.717) is 40.6 Å². The quantitative estimate of drug-likeness (QED) is 0.342. The number of benzene rings is 3. The first-order valence-corrected chi connectivity index (χ1v) is 12.4. The van der Waals surface area contributed by atoms with Crippen molar-refractivity contribution >= 4 is 11.7 Å². The maximum Gasteiger partial charge on any atom is 0.251 e. The molecule has 2 atom stereocenters. The summed E-state index contributed by atoms with van der Waals surface area (Å²) in [4.78, 5) is 17.4. The lowest BCUT2D eigenvalue weighted by molar-refractivity contribution is 0.0857. The van der Waals surface area contributed by atoms with Crippen LogP contribution in [0.2, 0.25) is 0 Å². The van der Waals surface area contributed by atoms with Crippen molar-refractivity contribution in [2.24, 2.45) is 0 Å². The van der Waals surface area contributed by atoms with Gasteiger partial charge in [0.2, 0.25) is 0 Å². The van der Waals surface area contributed by atoms with Crippen LogP contribution >= 0.6 is 0 Å². The Morgan fingerprint density at radius 3 is 2.47 bits per heavy atom. The number of pyridine rings is 1. The molecule has 38 heavy (non-hydrogen) atoms. The molecule has 0 saturated carbocycles. The summed E-state index contributed by atoms with van der Waals surface area (Å²) in [6.45, 7) is 4.43. The molecule has 2 aliphatic rings. The van der Waals surface area contributed by atoms with E-state index in [1.807, 2.05) is 44.2 Å². The van der Waals surface area contributed by atoms with Crippen molar-refractivity contribution in [1.29, 1.82) is 0 Å². The minimum absolute atomic E-state index is 0.225. The zero-order chi connectivity index (χ0) is 26.6. The van der Waals surface area contributed by atoms with Crippen molar-refractivity contribution in [1.82, 2.24) is 10.3 Å². The number of nitrogens with two attached hydrogens (primary N) is 1. The van der Waals surface area contributed by atoms with Crippen LogP contribution in [-0.4, -0.2) is 17.5 Å². The van der Waals surface area contributed by atoms with Gasteiger partial charge in [0.05, 0.1) is 6.61 Å². The fraction of sp³-hybridized carbons (Fsp3) is 0.200. The summed E-state index contributed by atoms with van der Waals surface area (Å²) in [5, 5.41) is 2.96. The zero-order valence-corrected chi connectivity index (χ0v) is 20.8.